The summed E-state index contributed by atoms with van der Waals surface area (Å²) in [4.78, 5) is 20.7. The molecule has 1 aromatic rings. The third-order valence-corrected chi connectivity index (χ3v) is 7.26. The number of rotatable bonds is 8. The van der Waals surface area contributed by atoms with Crippen molar-refractivity contribution < 1.29 is 26.7 Å². The molecule has 0 unspecified atom stereocenters. The van der Waals surface area contributed by atoms with Crippen molar-refractivity contribution in [1.82, 2.24) is 19.6 Å². The number of halogens is 2. The Kier molecular flexibility index (Phi) is 8.21. The SMILES string of the molecule is C[C@H](CC(F)F)NC(=O)O[C@H]1CC[C@@H](c2cnc(NC3CCN(S(C)(=O)=O)CC3)nc2)C1. The highest BCUT2D eigenvalue weighted by Gasteiger charge is 2.30. The van der Waals surface area contributed by atoms with Crippen LogP contribution < -0.4 is 10.6 Å². The van der Waals surface area contributed by atoms with Crippen LogP contribution in [0.15, 0.2) is 12.4 Å². The fourth-order valence-corrected chi connectivity index (χ4v) is 5.07. The van der Waals surface area contributed by atoms with Crippen molar-refractivity contribution >= 4 is 22.1 Å². The number of carbonyl (C=O) groups is 1. The van der Waals surface area contributed by atoms with Gasteiger partial charge in [0, 0.05) is 44.0 Å². The third kappa shape index (κ3) is 7.22. The van der Waals surface area contributed by atoms with Gasteiger partial charge in [0.05, 0.1) is 6.26 Å². The van der Waals surface area contributed by atoms with Crippen LogP contribution in [0.4, 0.5) is 19.5 Å². The van der Waals surface area contributed by atoms with Crippen LogP contribution in [-0.4, -0.2) is 72.7 Å². The van der Waals surface area contributed by atoms with Crippen LogP contribution in [-0.2, 0) is 14.8 Å². The number of alkyl halides is 2. The minimum atomic E-state index is -3.15. The van der Waals surface area contributed by atoms with E-state index in [9.17, 15) is 22.0 Å². The molecule has 1 aromatic heterocycles. The maximum Gasteiger partial charge on any atom is 0.407 e. The normalized spacial score (nSPS) is 23.8. The van der Waals surface area contributed by atoms with E-state index in [-0.39, 0.29) is 18.1 Å². The summed E-state index contributed by atoms with van der Waals surface area (Å²) >= 11 is 0. The van der Waals surface area contributed by atoms with Crippen LogP contribution in [0.2, 0.25) is 0 Å². The van der Waals surface area contributed by atoms with E-state index in [2.05, 4.69) is 20.6 Å². The van der Waals surface area contributed by atoms with Crippen molar-refractivity contribution in [3.05, 3.63) is 18.0 Å². The molecule has 0 radical (unpaired) electrons. The summed E-state index contributed by atoms with van der Waals surface area (Å²) in [6, 6.07) is -0.527. The van der Waals surface area contributed by atoms with E-state index in [4.69, 9.17) is 4.74 Å². The Morgan fingerprint density at radius 3 is 2.47 bits per heavy atom. The number of carbonyl (C=O) groups excluding carboxylic acids is 1. The number of alkyl carbamates (subject to hydrolysis) is 1. The molecule has 2 heterocycles. The number of anilines is 1. The van der Waals surface area contributed by atoms with Crippen molar-refractivity contribution in [2.24, 2.45) is 0 Å². The maximum atomic E-state index is 12.4. The number of aromatic nitrogens is 2. The molecule has 1 saturated carbocycles. The summed E-state index contributed by atoms with van der Waals surface area (Å²) in [6.45, 7) is 2.48. The number of nitrogens with zero attached hydrogens (tertiary/aromatic N) is 3. The van der Waals surface area contributed by atoms with Gasteiger partial charge in [-0.1, -0.05) is 0 Å². The standard InChI is InChI=1S/C20H31F2N5O4S/c1-13(9-18(21)22)25-20(28)31-17-4-3-14(10-17)15-11-23-19(24-12-15)26-16-5-7-27(8-6-16)32(2,29)30/h11-14,16-18H,3-10H2,1-2H3,(H,25,28)(H,23,24,26)/t13-,14-,17+/m1/s1. The molecule has 12 heteroatoms. The van der Waals surface area contributed by atoms with E-state index in [1.807, 2.05) is 0 Å². The molecule has 2 aliphatic rings. The molecule has 1 amide bonds. The van der Waals surface area contributed by atoms with Crippen LogP contribution in [0.3, 0.4) is 0 Å². The second-order valence-corrected chi connectivity index (χ2v) is 10.6. The zero-order valence-electron chi connectivity index (χ0n) is 18.3. The number of nitrogens with one attached hydrogen (secondary N) is 2. The van der Waals surface area contributed by atoms with E-state index < -0.39 is 35.0 Å². The van der Waals surface area contributed by atoms with Crippen molar-refractivity contribution in [2.75, 3.05) is 24.7 Å². The molecule has 0 aromatic carbocycles. The quantitative estimate of drug-likeness (QED) is 0.594. The van der Waals surface area contributed by atoms with Crippen molar-refractivity contribution in [3.8, 4) is 0 Å². The molecular weight excluding hydrogens is 444 g/mol. The number of hydrogen-bond donors (Lipinski definition) is 2. The lowest BCUT2D eigenvalue weighted by atomic mass is 10.0. The molecule has 1 saturated heterocycles. The fraction of sp³-hybridized carbons (Fsp3) is 0.750. The molecule has 180 valence electrons. The van der Waals surface area contributed by atoms with E-state index in [0.29, 0.717) is 44.7 Å². The molecular formula is C20H31F2N5O4S. The minimum Gasteiger partial charge on any atom is -0.446 e. The number of piperidine rings is 1. The van der Waals surface area contributed by atoms with Gasteiger partial charge in [-0.05, 0) is 50.5 Å². The van der Waals surface area contributed by atoms with Gasteiger partial charge < -0.3 is 15.4 Å². The van der Waals surface area contributed by atoms with Gasteiger partial charge in [-0.2, -0.15) is 0 Å². The molecule has 3 rings (SSSR count). The monoisotopic (exact) mass is 475 g/mol. The number of ether oxygens (including phenoxy) is 1. The van der Waals surface area contributed by atoms with E-state index >= 15 is 0 Å². The van der Waals surface area contributed by atoms with Crippen LogP contribution in [0, 0.1) is 0 Å². The minimum absolute atomic E-state index is 0.120. The molecule has 3 atom stereocenters. The van der Waals surface area contributed by atoms with Gasteiger partial charge in [-0.15, -0.1) is 0 Å². The maximum absolute atomic E-state index is 12.4. The topological polar surface area (TPSA) is 114 Å². The predicted molar refractivity (Wildman–Crippen MR) is 115 cm³/mol. The Morgan fingerprint density at radius 1 is 1.22 bits per heavy atom. The first-order chi connectivity index (χ1) is 15.1. The number of amides is 1. The molecule has 32 heavy (non-hydrogen) atoms. The third-order valence-electron chi connectivity index (χ3n) is 5.95. The average molecular weight is 476 g/mol. The summed E-state index contributed by atoms with van der Waals surface area (Å²) in [5.74, 6) is 0.670. The van der Waals surface area contributed by atoms with Crippen LogP contribution in [0.1, 0.15) is 56.9 Å². The molecule has 1 aliphatic carbocycles. The highest BCUT2D eigenvalue weighted by atomic mass is 32.2. The first kappa shape index (κ1) is 24.6. The van der Waals surface area contributed by atoms with Crippen LogP contribution in [0.5, 0.6) is 0 Å². The molecule has 2 N–H and O–H groups in total. The van der Waals surface area contributed by atoms with E-state index in [1.165, 1.54) is 17.5 Å². The van der Waals surface area contributed by atoms with Gasteiger partial charge in [0.1, 0.15) is 6.10 Å². The van der Waals surface area contributed by atoms with Gasteiger partial charge in [-0.25, -0.2) is 36.3 Å². The van der Waals surface area contributed by atoms with Crippen LogP contribution >= 0.6 is 0 Å². The first-order valence-corrected chi connectivity index (χ1v) is 12.7. The Bertz CT molecular complexity index is 863. The van der Waals surface area contributed by atoms with Crippen LogP contribution in [0.25, 0.3) is 0 Å². The lowest BCUT2D eigenvalue weighted by Gasteiger charge is -2.30. The summed E-state index contributed by atoms with van der Waals surface area (Å²) in [5, 5.41) is 5.70. The largest absolute Gasteiger partial charge is 0.446 e. The summed E-state index contributed by atoms with van der Waals surface area (Å²) in [6.07, 6.45) is 4.48. The zero-order valence-corrected chi connectivity index (χ0v) is 19.2. The van der Waals surface area contributed by atoms with Crippen molar-refractivity contribution in [2.45, 2.75) is 76.0 Å². The smallest absolute Gasteiger partial charge is 0.407 e. The first-order valence-electron chi connectivity index (χ1n) is 10.9. The highest BCUT2D eigenvalue weighted by molar-refractivity contribution is 7.88. The second-order valence-electron chi connectivity index (χ2n) is 8.63. The molecule has 1 aliphatic heterocycles. The Hall–Kier alpha value is -2.08. The molecule has 9 nitrogen and oxygen atoms in total. The summed E-state index contributed by atoms with van der Waals surface area (Å²) in [5.41, 5.74) is 0.958. The zero-order chi connectivity index (χ0) is 23.3. The average Bonchev–Trinajstić information content (AvgIpc) is 3.15. The molecule has 0 bridgehead atoms. The molecule has 0 spiro atoms. The second kappa shape index (κ2) is 10.7. The van der Waals surface area contributed by atoms with Crippen molar-refractivity contribution in [1.29, 1.82) is 0 Å². The lowest BCUT2D eigenvalue weighted by molar-refractivity contribution is 0.0895. The Morgan fingerprint density at radius 2 is 1.88 bits per heavy atom. The highest BCUT2D eigenvalue weighted by Crippen LogP contribution is 2.35. The number of sulfonamides is 1. The number of hydrogen-bond acceptors (Lipinski definition) is 7. The Labute approximate surface area is 187 Å². The summed E-state index contributed by atoms with van der Waals surface area (Å²) in [7, 11) is -3.15. The van der Waals surface area contributed by atoms with Crippen molar-refractivity contribution in [3.63, 3.8) is 0 Å². The van der Waals surface area contributed by atoms with E-state index in [0.717, 1.165) is 12.0 Å². The van der Waals surface area contributed by atoms with Gasteiger partial charge in [0.25, 0.3) is 0 Å². The Balaban J connectivity index is 1.43. The predicted octanol–water partition coefficient (Wildman–Crippen LogP) is 2.72. The van der Waals surface area contributed by atoms with Gasteiger partial charge in [0.15, 0.2) is 0 Å². The van der Waals surface area contributed by atoms with Gasteiger partial charge in [-0.3, -0.25) is 0 Å². The van der Waals surface area contributed by atoms with E-state index in [1.54, 1.807) is 12.4 Å². The van der Waals surface area contributed by atoms with Gasteiger partial charge in [0.2, 0.25) is 22.4 Å². The fourth-order valence-electron chi connectivity index (χ4n) is 4.20. The summed E-state index contributed by atoms with van der Waals surface area (Å²) < 4.78 is 54.8. The molecule has 2 fully saturated rings. The van der Waals surface area contributed by atoms with Gasteiger partial charge >= 0.3 is 6.09 Å². The lowest BCUT2D eigenvalue weighted by Crippen LogP contribution is -2.42.